The van der Waals surface area contributed by atoms with Gasteiger partial charge in [-0.3, -0.25) is 9.59 Å². The van der Waals surface area contributed by atoms with Crippen molar-refractivity contribution in [1.29, 1.82) is 0 Å². The maximum atomic E-state index is 12.1. The third-order valence-electron chi connectivity index (χ3n) is 3.80. The minimum Gasteiger partial charge on any atom is -0.488 e. The van der Waals surface area contributed by atoms with Crippen LogP contribution in [0.2, 0.25) is 0 Å². The first-order valence-electron chi connectivity index (χ1n) is 7.87. The number of hydrogen-bond acceptors (Lipinski definition) is 5. The zero-order valence-corrected chi connectivity index (χ0v) is 15.0. The number of aryl methyl sites for hydroxylation is 1. The Morgan fingerprint density at radius 2 is 1.92 bits per heavy atom. The molecular weight excluding hydrogens is 354 g/mol. The van der Waals surface area contributed by atoms with Gasteiger partial charge in [0, 0.05) is 11.3 Å². The first-order valence-corrected chi connectivity index (χ1v) is 8.50. The Labute approximate surface area is 156 Å². The monoisotopic (exact) mass is 373 g/mol. The topological polar surface area (TPSA) is 92.7 Å². The molecule has 0 spiro atoms. The van der Waals surface area contributed by atoms with E-state index in [1.165, 1.54) is 0 Å². The van der Waals surface area contributed by atoms with Crippen molar-refractivity contribution in [2.45, 2.75) is 19.6 Å². The average Bonchev–Trinajstić information content (AvgIpc) is 2.64. The molecule has 0 fully saturated rings. The van der Waals surface area contributed by atoms with Gasteiger partial charge in [-0.05, 0) is 36.2 Å². The fourth-order valence-electron chi connectivity index (χ4n) is 2.27. The van der Waals surface area contributed by atoms with Gasteiger partial charge in [-0.15, -0.1) is 0 Å². The van der Waals surface area contributed by atoms with E-state index in [4.69, 9.17) is 9.84 Å². The van der Waals surface area contributed by atoms with Crippen LogP contribution in [0.25, 0.3) is 0 Å². The molecular formula is C19H19NO5S. The molecule has 2 N–H and O–H groups in total. The Hall–Kier alpha value is -2.80. The molecule has 7 heteroatoms. The lowest BCUT2D eigenvalue weighted by Crippen LogP contribution is -2.42. The average molecular weight is 373 g/mol. The molecule has 0 radical (unpaired) electrons. The summed E-state index contributed by atoms with van der Waals surface area (Å²) >= 11 is 3.91. The predicted molar refractivity (Wildman–Crippen MR) is 100 cm³/mol. The molecule has 2 aromatic carbocycles. The minimum atomic E-state index is -1.14. The molecule has 6 nitrogen and oxygen atoms in total. The van der Waals surface area contributed by atoms with Crippen molar-refractivity contribution in [3.05, 3.63) is 64.7 Å². The fourth-order valence-corrected chi connectivity index (χ4v) is 2.52. The van der Waals surface area contributed by atoms with Gasteiger partial charge in [-0.2, -0.15) is 12.6 Å². The Morgan fingerprint density at radius 1 is 1.23 bits per heavy atom. The highest BCUT2D eigenvalue weighted by molar-refractivity contribution is 7.80. The molecule has 136 valence electrons. The van der Waals surface area contributed by atoms with Gasteiger partial charge < -0.3 is 15.2 Å². The lowest BCUT2D eigenvalue weighted by Gasteiger charge is -2.12. The molecule has 0 aliphatic carbocycles. The van der Waals surface area contributed by atoms with Crippen LogP contribution >= 0.6 is 12.6 Å². The van der Waals surface area contributed by atoms with Gasteiger partial charge in [0.25, 0.3) is 5.91 Å². The summed E-state index contributed by atoms with van der Waals surface area (Å²) < 4.78 is 5.69. The third-order valence-corrected chi connectivity index (χ3v) is 4.16. The number of ether oxygens (including phenoxy) is 1. The van der Waals surface area contributed by atoms with Crippen molar-refractivity contribution in [3.63, 3.8) is 0 Å². The Balaban J connectivity index is 2.02. The number of carboxylic acids is 1. The number of aldehydes is 1. The summed E-state index contributed by atoms with van der Waals surface area (Å²) in [5.41, 5.74) is 2.49. The van der Waals surface area contributed by atoms with Gasteiger partial charge >= 0.3 is 5.97 Å². The molecule has 0 heterocycles. The highest BCUT2D eigenvalue weighted by atomic mass is 32.1. The third kappa shape index (κ3) is 4.86. The van der Waals surface area contributed by atoms with Crippen LogP contribution in [0, 0.1) is 6.92 Å². The van der Waals surface area contributed by atoms with Gasteiger partial charge in [-0.1, -0.05) is 24.3 Å². The van der Waals surface area contributed by atoms with Crippen LogP contribution in [-0.4, -0.2) is 35.1 Å². The SMILES string of the molecule is Cc1cccc(OCc2ccc(C(=O)N[C@@H](CS)C(=O)O)cc2)c1C=O. The molecule has 0 aliphatic rings. The summed E-state index contributed by atoms with van der Waals surface area (Å²) in [6.45, 7) is 2.07. The lowest BCUT2D eigenvalue weighted by molar-refractivity contribution is -0.138. The quantitative estimate of drug-likeness (QED) is 0.488. The summed E-state index contributed by atoms with van der Waals surface area (Å²) in [6.07, 6.45) is 0.762. The molecule has 2 aromatic rings. The van der Waals surface area contributed by atoms with E-state index >= 15 is 0 Å². The second-order valence-electron chi connectivity index (χ2n) is 5.64. The summed E-state index contributed by atoms with van der Waals surface area (Å²) in [5.74, 6) is -1.12. The molecule has 0 saturated heterocycles. The molecule has 0 aliphatic heterocycles. The molecule has 0 saturated carbocycles. The number of thiol groups is 1. The van der Waals surface area contributed by atoms with Crippen molar-refractivity contribution >= 4 is 30.8 Å². The smallest absolute Gasteiger partial charge is 0.327 e. The van der Waals surface area contributed by atoms with E-state index in [1.807, 2.05) is 19.1 Å². The highest BCUT2D eigenvalue weighted by Gasteiger charge is 2.18. The standard InChI is InChI=1S/C19H19NO5S/c1-12-3-2-4-17(15(12)9-21)25-10-13-5-7-14(8-6-13)18(22)20-16(11-26)19(23)24/h2-9,16,26H,10-11H2,1H3,(H,20,22)(H,23,24)/t16-/m0/s1. The van der Waals surface area contributed by atoms with Crippen LogP contribution in [-0.2, 0) is 11.4 Å². The first kappa shape index (κ1) is 19.5. The lowest BCUT2D eigenvalue weighted by atomic mass is 10.1. The summed E-state index contributed by atoms with van der Waals surface area (Å²) in [4.78, 5) is 34.2. The van der Waals surface area contributed by atoms with E-state index < -0.39 is 17.9 Å². The molecule has 0 bridgehead atoms. The van der Waals surface area contributed by atoms with E-state index in [0.29, 0.717) is 16.9 Å². The second-order valence-corrected chi connectivity index (χ2v) is 6.00. The highest BCUT2D eigenvalue weighted by Crippen LogP contribution is 2.21. The molecule has 26 heavy (non-hydrogen) atoms. The summed E-state index contributed by atoms with van der Waals surface area (Å²) in [5, 5.41) is 11.3. The number of carbonyl (C=O) groups is 3. The number of rotatable bonds is 8. The van der Waals surface area contributed by atoms with E-state index in [-0.39, 0.29) is 12.4 Å². The summed E-state index contributed by atoms with van der Waals surface area (Å²) in [6, 6.07) is 10.9. The number of carbonyl (C=O) groups excluding carboxylic acids is 2. The number of hydrogen-bond donors (Lipinski definition) is 3. The predicted octanol–water partition coefficient (Wildman–Crippen LogP) is 2.50. The number of carboxylic acid groups (broad SMARTS) is 1. The van der Waals surface area contributed by atoms with Gasteiger partial charge in [-0.25, -0.2) is 4.79 Å². The van der Waals surface area contributed by atoms with Gasteiger partial charge in [0.1, 0.15) is 18.4 Å². The molecule has 0 unspecified atom stereocenters. The molecule has 1 amide bonds. The number of nitrogens with one attached hydrogen (secondary N) is 1. The Bertz CT molecular complexity index is 804. The van der Waals surface area contributed by atoms with Gasteiger partial charge in [0.15, 0.2) is 6.29 Å². The first-order chi connectivity index (χ1) is 12.5. The van der Waals surface area contributed by atoms with Crippen LogP contribution < -0.4 is 10.1 Å². The van der Waals surface area contributed by atoms with Crippen LogP contribution in [0.15, 0.2) is 42.5 Å². The van der Waals surface area contributed by atoms with Crippen molar-refractivity contribution in [3.8, 4) is 5.75 Å². The van der Waals surface area contributed by atoms with Gasteiger partial charge in [0.05, 0.1) is 5.56 Å². The maximum absolute atomic E-state index is 12.1. The van der Waals surface area contributed by atoms with Crippen molar-refractivity contribution in [2.75, 3.05) is 5.75 Å². The van der Waals surface area contributed by atoms with Crippen molar-refractivity contribution < 1.29 is 24.2 Å². The van der Waals surface area contributed by atoms with E-state index in [0.717, 1.165) is 17.4 Å². The zero-order valence-electron chi connectivity index (χ0n) is 14.1. The Morgan fingerprint density at radius 3 is 2.50 bits per heavy atom. The van der Waals surface area contributed by atoms with Crippen LogP contribution in [0.4, 0.5) is 0 Å². The normalized spacial score (nSPS) is 11.5. The van der Waals surface area contributed by atoms with Crippen LogP contribution in [0.5, 0.6) is 5.75 Å². The Kier molecular flexibility index (Phi) is 6.80. The van der Waals surface area contributed by atoms with E-state index in [9.17, 15) is 14.4 Å². The molecule has 2 rings (SSSR count). The minimum absolute atomic E-state index is 0.00253. The number of amides is 1. The van der Waals surface area contributed by atoms with E-state index in [1.54, 1.807) is 30.3 Å². The summed E-state index contributed by atoms with van der Waals surface area (Å²) in [7, 11) is 0. The molecule has 0 aromatic heterocycles. The number of aliphatic carboxylic acids is 1. The number of benzene rings is 2. The van der Waals surface area contributed by atoms with Crippen LogP contribution in [0.1, 0.15) is 31.8 Å². The fraction of sp³-hybridized carbons (Fsp3) is 0.211. The van der Waals surface area contributed by atoms with Crippen molar-refractivity contribution in [1.82, 2.24) is 5.32 Å². The van der Waals surface area contributed by atoms with Crippen molar-refractivity contribution in [2.24, 2.45) is 0 Å². The molecule has 1 atom stereocenters. The largest absolute Gasteiger partial charge is 0.488 e. The van der Waals surface area contributed by atoms with E-state index in [2.05, 4.69) is 17.9 Å². The maximum Gasteiger partial charge on any atom is 0.327 e. The zero-order chi connectivity index (χ0) is 19.1. The van der Waals surface area contributed by atoms with Gasteiger partial charge in [0.2, 0.25) is 0 Å². The van der Waals surface area contributed by atoms with Crippen LogP contribution in [0.3, 0.4) is 0 Å². The second kappa shape index (κ2) is 9.05.